The Morgan fingerprint density at radius 2 is 2.05 bits per heavy atom. The van der Waals surface area contributed by atoms with Crippen LogP contribution in [0.15, 0.2) is 24.4 Å². The first-order chi connectivity index (χ1) is 10.1. The molecule has 0 saturated carbocycles. The van der Waals surface area contributed by atoms with Crippen LogP contribution in [0.1, 0.15) is 22.9 Å². The van der Waals surface area contributed by atoms with E-state index < -0.39 is 6.04 Å². The van der Waals surface area contributed by atoms with Crippen LogP contribution in [0, 0.1) is 12.7 Å². The minimum Gasteiger partial charge on any atom is -0.480 e. The Labute approximate surface area is 122 Å². The molecule has 21 heavy (non-hydrogen) atoms. The Bertz CT molecular complexity index is 636. The largest absolute Gasteiger partial charge is 0.480 e. The summed E-state index contributed by atoms with van der Waals surface area (Å²) in [5, 5.41) is 0. The van der Waals surface area contributed by atoms with Gasteiger partial charge in [0.15, 0.2) is 0 Å². The van der Waals surface area contributed by atoms with E-state index in [9.17, 15) is 4.39 Å². The number of halogens is 1. The number of hydrazine groups is 1. The molecule has 1 atom stereocenters. The maximum atomic E-state index is 14.3. The molecule has 1 aromatic carbocycles. The van der Waals surface area contributed by atoms with Crippen LogP contribution < -0.4 is 20.7 Å². The summed E-state index contributed by atoms with van der Waals surface area (Å²) in [5.74, 6) is 5.75. The molecule has 0 aliphatic carbocycles. The fourth-order valence-electron chi connectivity index (χ4n) is 2.02. The van der Waals surface area contributed by atoms with Gasteiger partial charge >= 0.3 is 0 Å². The highest BCUT2D eigenvalue weighted by molar-refractivity contribution is 5.37. The van der Waals surface area contributed by atoms with Gasteiger partial charge in [-0.2, -0.15) is 4.98 Å². The Balaban J connectivity index is 2.53. The lowest BCUT2D eigenvalue weighted by molar-refractivity contribution is 0.352. The highest BCUT2D eigenvalue weighted by atomic mass is 19.1. The quantitative estimate of drug-likeness (QED) is 0.642. The predicted octanol–water partition coefficient (Wildman–Crippen LogP) is 1.49. The summed E-state index contributed by atoms with van der Waals surface area (Å²) < 4.78 is 24.5. The van der Waals surface area contributed by atoms with Crippen LogP contribution in [-0.4, -0.2) is 24.2 Å². The number of methoxy groups -OCH3 is 2. The van der Waals surface area contributed by atoms with Crippen LogP contribution in [0.25, 0.3) is 0 Å². The molecule has 2 aromatic rings. The summed E-state index contributed by atoms with van der Waals surface area (Å²) in [6, 6.07) is 4.39. The van der Waals surface area contributed by atoms with Gasteiger partial charge in [0, 0.05) is 5.56 Å². The maximum Gasteiger partial charge on any atom is 0.240 e. The van der Waals surface area contributed by atoms with Gasteiger partial charge in [-0.1, -0.05) is 18.2 Å². The molecule has 0 fully saturated rings. The van der Waals surface area contributed by atoms with E-state index in [2.05, 4.69) is 15.4 Å². The molecule has 3 N–H and O–H groups in total. The molecule has 0 saturated heterocycles. The van der Waals surface area contributed by atoms with Gasteiger partial charge in [0.2, 0.25) is 11.8 Å². The molecule has 6 nitrogen and oxygen atoms in total. The van der Waals surface area contributed by atoms with Crippen molar-refractivity contribution in [1.82, 2.24) is 15.4 Å². The summed E-state index contributed by atoms with van der Waals surface area (Å²) in [6.07, 6.45) is 1.43. The topological polar surface area (TPSA) is 82.3 Å². The molecule has 0 aliphatic heterocycles. The predicted molar refractivity (Wildman–Crippen MR) is 75.4 cm³/mol. The highest BCUT2D eigenvalue weighted by Crippen LogP contribution is 2.29. The summed E-state index contributed by atoms with van der Waals surface area (Å²) in [6.45, 7) is 1.68. The summed E-state index contributed by atoms with van der Waals surface area (Å²) in [4.78, 5) is 8.35. The molecule has 0 spiro atoms. The first-order valence-electron chi connectivity index (χ1n) is 6.28. The number of nitrogens with zero attached hydrogens (tertiary/aromatic N) is 2. The van der Waals surface area contributed by atoms with Crippen molar-refractivity contribution < 1.29 is 13.9 Å². The van der Waals surface area contributed by atoms with E-state index in [-0.39, 0.29) is 11.7 Å². The van der Waals surface area contributed by atoms with Crippen LogP contribution in [0.2, 0.25) is 0 Å². The molecule has 0 bridgehead atoms. The van der Waals surface area contributed by atoms with E-state index in [1.807, 2.05) is 0 Å². The van der Waals surface area contributed by atoms with E-state index >= 15 is 0 Å². The Kier molecular flexibility index (Phi) is 4.66. The normalized spacial score (nSPS) is 12.0. The number of hydrogen-bond acceptors (Lipinski definition) is 6. The molecule has 0 radical (unpaired) electrons. The first-order valence-corrected chi connectivity index (χ1v) is 6.28. The second kappa shape index (κ2) is 6.47. The molecule has 112 valence electrons. The summed E-state index contributed by atoms with van der Waals surface area (Å²) in [5.41, 5.74) is 3.82. The van der Waals surface area contributed by atoms with Gasteiger partial charge in [0.25, 0.3) is 0 Å². The Morgan fingerprint density at radius 3 is 2.67 bits per heavy atom. The minimum atomic E-state index is -0.682. The SMILES string of the molecule is COc1cnc(C(NN)c2cccc(C)c2F)c(OC)n1. The lowest BCUT2D eigenvalue weighted by Gasteiger charge is -2.19. The van der Waals surface area contributed by atoms with E-state index in [1.54, 1.807) is 25.1 Å². The maximum absolute atomic E-state index is 14.3. The number of benzene rings is 1. The third kappa shape index (κ3) is 2.93. The smallest absolute Gasteiger partial charge is 0.240 e. The zero-order chi connectivity index (χ0) is 15.4. The van der Waals surface area contributed by atoms with Crippen LogP contribution >= 0.6 is 0 Å². The molecular formula is C14H17FN4O2. The van der Waals surface area contributed by atoms with Gasteiger partial charge in [-0.25, -0.2) is 14.8 Å². The highest BCUT2D eigenvalue weighted by Gasteiger charge is 2.24. The van der Waals surface area contributed by atoms with Crippen molar-refractivity contribution >= 4 is 0 Å². The zero-order valence-electron chi connectivity index (χ0n) is 12.1. The van der Waals surface area contributed by atoms with E-state index in [1.165, 1.54) is 20.4 Å². The number of rotatable bonds is 5. The van der Waals surface area contributed by atoms with Crippen molar-refractivity contribution in [3.8, 4) is 11.8 Å². The second-order valence-electron chi connectivity index (χ2n) is 4.38. The zero-order valence-corrected chi connectivity index (χ0v) is 12.1. The molecule has 0 amide bonds. The molecule has 2 rings (SSSR count). The van der Waals surface area contributed by atoms with Gasteiger partial charge in [-0.05, 0) is 12.5 Å². The fraction of sp³-hybridized carbons (Fsp3) is 0.286. The van der Waals surface area contributed by atoms with Crippen LogP contribution in [-0.2, 0) is 0 Å². The van der Waals surface area contributed by atoms with E-state index in [0.717, 1.165) is 0 Å². The standard InChI is InChI=1S/C14H17FN4O2/c1-8-5-4-6-9(11(8)15)12(19-16)13-14(21-3)18-10(20-2)7-17-13/h4-7,12,19H,16H2,1-3H3. The Morgan fingerprint density at radius 1 is 1.29 bits per heavy atom. The summed E-state index contributed by atoms with van der Waals surface area (Å²) >= 11 is 0. The lowest BCUT2D eigenvalue weighted by Crippen LogP contribution is -2.31. The molecule has 1 aromatic heterocycles. The molecule has 1 heterocycles. The number of nitrogens with one attached hydrogen (secondary N) is 1. The van der Waals surface area contributed by atoms with Crippen molar-refractivity contribution in [3.05, 3.63) is 47.0 Å². The first kappa shape index (κ1) is 15.1. The van der Waals surface area contributed by atoms with Crippen molar-refractivity contribution in [2.75, 3.05) is 14.2 Å². The number of aryl methyl sites for hydroxylation is 1. The van der Waals surface area contributed by atoms with Gasteiger partial charge in [0.1, 0.15) is 11.5 Å². The number of ether oxygens (including phenoxy) is 2. The van der Waals surface area contributed by atoms with Crippen molar-refractivity contribution in [3.63, 3.8) is 0 Å². The second-order valence-corrected chi connectivity index (χ2v) is 4.38. The van der Waals surface area contributed by atoms with Crippen molar-refractivity contribution in [2.24, 2.45) is 5.84 Å². The summed E-state index contributed by atoms with van der Waals surface area (Å²) in [7, 11) is 2.93. The molecular weight excluding hydrogens is 275 g/mol. The van der Waals surface area contributed by atoms with Gasteiger partial charge < -0.3 is 9.47 Å². The number of hydrogen-bond donors (Lipinski definition) is 2. The van der Waals surface area contributed by atoms with Gasteiger partial charge in [-0.15, -0.1) is 0 Å². The van der Waals surface area contributed by atoms with Crippen molar-refractivity contribution in [1.29, 1.82) is 0 Å². The average molecular weight is 292 g/mol. The molecule has 0 aliphatic rings. The van der Waals surface area contributed by atoms with E-state index in [4.69, 9.17) is 15.3 Å². The molecule has 7 heteroatoms. The van der Waals surface area contributed by atoms with Gasteiger partial charge in [0.05, 0.1) is 26.5 Å². The third-order valence-electron chi connectivity index (χ3n) is 3.12. The van der Waals surface area contributed by atoms with E-state index in [0.29, 0.717) is 22.7 Å². The fourth-order valence-corrected chi connectivity index (χ4v) is 2.02. The monoisotopic (exact) mass is 292 g/mol. The number of aromatic nitrogens is 2. The van der Waals surface area contributed by atoms with Crippen molar-refractivity contribution in [2.45, 2.75) is 13.0 Å². The average Bonchev–Trinajstić information content (AvgIpc) is 2.52. The number of nitrogens with two attached hydrogens (primary N) is 1. The van der Waals surface area contributed by atoms with Crippen LogP contribution in [0.5, 0.6) is 11.8 Å². The van der Waals surface area contributed by atoms with Crippen LogP contribution in [0.3, 0.4) is 0 Å². The van der Waals surface area contributed by atoms with Gasteiger partial charge in [-0.3, -0.25) is 5.84 Å². The van der Waals surface area contributed by atoms with Crippen LogP contribution in [0.4, 0.5) is 4.39 Å². The minimum absolute atomic E-state index is 0.221. The Hall–Kier alpha value is -2.25. The molecule has 1 unspecified atom stereocenters. The third-order valence-corrected chi connectivity index (χ3v) is 3.12. The lowest BCUT2D eigenvalue weighted by atomic mass is 10.0.